The number of nitrogens with zero attached hydrogens (tertiary/aromatic N) is 1. The molecule has 3 aromatic rings. The number of halogens is 2. The van der Waals surface area contributed by atoms with Gasteiger partial charge < -0.3 is 5.11 Å². The number of phenols is 1. The van der Waals surface area contributed by atoms with E-state index >= 15 is 0 Å². The SMILES string of the molecule is O=C(NN=Cc1cccc(Cl)c1Cl)c1cc2ccccc2cc1O. The molecule has 0 aromatic heterocycles. The second-order valence-electron chi connectivity index (χ2n) is 5.06. The standard InChI is InChI=1S/C18H12Cl2N2O2/c19-15-7-3-6-13(17(15)20)10-21-22-18(24)14-8-11-4-1-2-5-12(11)9-16(14)23/h1-10,23H,(H,22,24). The normalized spacial score (nSPS) is 11.1. The van der Waals surface area contributed by atoms with Crippen LogP contribution in [-0.2, 0) is 0 Å². The van der Waals surface area contributed by atoms with E-state index in [1.165, 1.54) is 6.21 Å². The zero-order valence-corrected chi connectivity index (χ0v) is 13.8. The van der Waals surface area contributed by atoms with E-state index in [1.54, 1.807) is 30.3 Å². The molecule has 1 amide bonds. The van der Waals surface area contributed by atoms with Crippen LogP contribution < -0.4 is 5.43 Å². The van der Waals surface area contributed by atoms with Crippen LogP contribution in [0.2, 0.25) is 10.0 Å². The van der Waals surface area contributed by atoms with Crippen molar-refractivity contribution in [3.63, 3.8) is 0 Å². The first-order valence-corrected chi connectivity index (χ1v) is 7.81. The first kappa shape index (κ1) is 16.3. The minimum absolute atomic E-state index is 0.109. The number of phenolic OH excluding ortho intramolecular Hbond substituents is 1. The van der Waals surface area contributed by atoms with Gasteiger partial charge in [-0.25, -0.2) is 5.43 Å². The van der Waals surface area contributed by atoms with Crippen molar-refractivity contribution >= 4 is 46.1 Å². The van der Waals surface area contributed by atoms with Gasteiger partial charge in [-0.3, -0.25) is 4.79 Å². The lowest BCUT2D eigenvalue weighted by molar-refractivity contribution is 0.0952. The monoisotopic (exact) mass is 358 g/mol. The van der Waals surface area contributed by atoms with Crippen molar-refractivity contribution in [3.8, 4) is 5.75 Å². The minimum atomic E-state index is -0.521. The maximum Gasteiger partial charge on any atom is 0.275 e. The first-order valence-electron chi connectivity index (χ1n) is 7.05. The number of carbonyl (C=O) groups excluding carboxylic acids is 1. The molecule has 0 aliphatic carbocycles. The molecule has 0 unspecified atom stereocenters. The Morgan fingerprint density at radius 2 is 1.75 bits per heavy atom. The Morgan fingerprint density at radius 1 is 1.04 bits per heavy atom. The van der Waals surface area contributed by atoms with Crippen LogP contribution in [0.1, 0.15) is 15.9 Å². The summed E-state index contributed by atoms with van der Waals surface area (Å²) >= 11 is 12.0. The Balaban J connectivity index is 1.81. The number of hydrogen-bond acceptors (Lipinski definition) is 3. The molecule has 0 heterocycles. The molecule has 24 heavy (non-hydrogen) atoms. The van der Waals surface area contributed by atoms with Crippen molar-refractivity contribution in [3.05, 3.63) is 75.8 Å². The average molecular weight is 359 g/mol. The fraction of sp³-hybridized carbons (Fsp3) is 0. The summed E-state index contributed by atoms with van der Waals surface area (Å²) in [6.07, 6.45) is 1.39. The Hall–Kier alpha value is -2.56. The summed E-state index contributed by atoms with van der Waals surface area (Å²) in [5.74, 6) is -0.630. The molecule has 6 heteroatoms. The molecular formula is C18H12Cl2N2O2. The number of carbonyl (C=O) groups is 1. The lowest BCUT2D eigenvalue weighted by Crippen LogP contribution is -2.17. The number of fused-ring (bicyclic) bond motifs is 1. The summed E-state index contributed by atoms with van der Waals surface area (Å²) in [4.78, 5) is 12.2. The molecule has 120 valence electrons. The van der Waals surface area contributed by atoms with E-state index in [2.05, 4.69) is 10.5 Å². The number of nitrogens with one attached hydrogen (secondary N) is 1. The van der Waals surface area contributed by atoms with Crippen LogP contribution in [0.5, 0.6) is 5.75 Å². The summed E-state index contributed by atoms with van der Waals surface area (Å²) in [7, 11) is 0. The van der Waals surface area contributed by atoms with Gasteiger partial charge >= 0.3 is 0 Å². The molecule has 2 N–H and O–H groups in total. The third kappa shape index (κ3) is 3.35. The van der Waals surface area contributed by atoms with E-state index in [9.17, 15) is 9.90 Å². The Morgan fingerprint density at radius 3 is 2.50 bits per heavy atom. The third-order valence-electron chi connectivity index (χ3n) is 3.46. The molecule has 0 spiro atoms. The van der Waals surface area contributed by atoms with Gasteiger partial charge in [0.25, 0.3) is 5.91 Å². The van der Waals surface area contributed by atoms with Crippen LogP contribution >= 0.6 is 23.2 Å². The molecule has 0 saturated heterocycles. The first-order chi connectivity index (χ1) is 11.6. The summed E-state index contributed by atoms with van der Waals surface area (Å²) in [5, 5.41) is 16.3. The van der Waals surface area contributed by atoms with Gasteiger partial charge in [0, 0.05) is 5.56 Å². The predicted octanol–water partition coefficient (Wildman–Crippen LogP) is 4.62. The van der Waals surface area contributed by atoms with Gasteiger partial charge in [-0.1, -0.05) is 59.6 Å². The van der Waals surface area contributed by atoms with Crippen LogP contribution in [0.25, 0.3) is 10.8 Å². The van der Waals surface area contributed by atoms with Crippen LogP contribution in [0, 0.1) is 0 Å². The number of hydrogen-bond donors (Lipinski definition) is 2. The van der Waals surface area contributed by atoms with Crippen molar-refractivity contribution < 1.29 is 9.90 Å². The minimum Gasteiger partial charge on any atom is -0.507 e. The maximum atomic E-state index is 12.2. The number of rotatable bonds is 3. The van der Waals surface area contributed by atoms with Crippen molar-refractivity contribution in [2.75, 3.05) is 0 Å². The van der Waals surface area contributed by atoms with E-state index in [0.29, 0.717) is 15.6 Å². The lowest BCUT2D eigenvalue weighted by Gasteiger charge is -2.06. The second-order valence-corrected chi connectivity index (χ2v) is 5.84. The number of aromatic hydroxyl groups is 1. The second kappa shape index (κ2) is 6.91. The molecule has 0 aliphatic rings. The summed E-state index contributed by atoms with van der Waals surface area (Å²) in [5.41, 5.74) is 3.09. The summed E-state index contributed by atoms with van der Waals surface area (Å²) in [6.45, 7) is 0. The van der Waals surface area contributed by atoms with Gasteiger partial charge in [-0.05, 0) is 29.0 Å². The van der Waals surface area contributed by atoms with Gasteiger partial charge in [-0.15, -0.1) is 0 Å². The van der Waals surface area contributed by atoms with Gasteiger partial charge in [0.05, 0.1) is 21.8 Å². The van der Waals surface area contributed by atoms with Crippen molar-refractivity contribution in [2.45, 2.75) is 0 Å². The summed E-state index contributed by atoms with van der Waals surface area (Å²) < 4.78 is 0. The zero-order chi connectivity index (χ0) is 17.1. The number of hydrazone groups is 1. The van der Waals surface area contributed by atoms with Crippen molar-refractivity contribution in [2.24, 2.45) is 5.10 Å². The highest BCUT2D eigenvalue weighted by Crippen LogP contribution is 2.25. The molecule has 0 aliphatic heterocycles. The van der Waals surface area contributed by atoms with Gasteiger partial charge in [0.1, 0.15) is 5.75 Å². The van der Waals surface area contributed by atoms with Crippen LogP contribution in [-0.4, -0.2) is 17.2 Å². The molecular weight excluding hydrogens is 347 g/mol. The highest BCUT2D eigenvalue weighted by atomic mass is 35.5. The van der Waals surface area contributed by atoms with E-state index in [0.717, 1.165) is 10.8 Å². The van der Waals surface area contributed by atoms with Gasteiger partial charge in [-0.2, -0.15) is 5.10 Å². The molecule has 0 bridgehead atoms. The largest absolute Gasteiger partial charge is 0.507 e. The Bertz CT molecular complexity index is 955. The van der Waals surface area contributed by atoms with E-state index in [-0.39, 0.29) is 11.3 Å². The topological polar surface area (TPSA) is 61.7 Å². The van der Waals surface area contributed by atoms with Crippen LogP contribution in [0.15, 0.2) is 59.7 Å². The quantitative estimate of drug-likeness (QED) is 0.530. The lowest BCUT2D eigenvalue weighted by atomic mass is 10.1. The van der Waals surface area contributed by atoms with Crippen LogP contribution in [0.3, 0.4) is 0 Å². The van der Waals surface area contributed by atoms with E-state index < -0.39 is 5.91 Å². The van der Waals surface area contributed by atoms with Crippen molar-refractivity contribution in [1.29, 1.82) is 0 Å². The Labute approximate surface area is 148 Å². The molecule has 0 fully saturated rings. The van der Waals surface area contributed by atoms with Gasteiger partial charge in [0.2, 0.25) is 0 Å². The molecule has 0 atom stereocenters. The Kier molecular flexibility index (Phi) is 4.69. The molecule has 0 radical (unpaired) electrons. The van der Waals surface area contributed by atoms with Crippen molar-refractivity contribution in [1.82, 2.24) is 5.43 Å². The highest BCUT2D eigenvalue weighted by molar-refractivity contribution is 6.43. The smallest absolute Gasteiger partial charge is 0.275 e. The highest BCUT2D eigenvalue weighted by Gasteiger charge is 2.11. The molecule has 3 rings (SSSR count). The predicted molar refractivity (Wildman–Crippen MR) is 97.1 cm³/mol. The summed E-state index contributed by atoms with van der Waals surface area (Å²) in [6, 6.07) is 15.7. The van der Waals surface area contributed by atoms with Gasteiger partial charge in [0.15, 0.2) is 0 Å². The van der Waals surface area contributed by atoms with E-state index in [4.69, 9.17) is 23.2 Å². The fourth-order valence-electron chi connectivity index (χ4n) is 2.25. The number of amides is 1. The zero-order valence-electron chi connectivity index (χ0n) is 12.3. The third-order valence-corrected chi connectivity index (χ3v) is 4.29. The van der Waals surface area contributed by atoms with E-state index in [1.807, 2.05) is 24.3 Å². The average Bonchev–Trinajstić information content (AvgIpc) is 2.58. The van der Waals surface area contributed by atoms with Crippen LogP contribution in [0.4, 0.5) is 0 Å². The fourth-order valence-corrected chi connectivity index (χ4v) is 2.61. The molecule has 3 aromatic carbocycles. The molecule has 0 saturated carbocycles. The number of benzene rings is 3. The molecule has 4 nitrogen and oxygen atoms in total. The maximum absolute atomic E-state index is 12.2.